The number of carbonyl (C=O) groups is 2. The number of aliphatic carboxylic acids is 1. The summed E-state index contributed by atoms with van der Waals surface area (Å²) in [6.45, 7) is 0. The fraction of sp³-hybridized carbons (Fsp3) is 0.562. The smallest absolute Gasteiger partial charge is 0.335 e. The first-order valence-electron chi connectivity index (χ1n) is 8.00. The van der Waals surface area contributed by atoms with Crippen LogP contribution in [-0.4, -0.2) is 68.7 Å². The molecule has 136 valence electrons. The first kappa shape index (κ1) is 17.7. The van der Waals surface area contributed by atoms with E-state index in [1.165, 1.54) is 4.57 Å². The second kappa shape index (κ2) is 6.68. The average Bonchev–Trinajstić information content (AvgIpc) is 2.92. The molecule has 2 fully saturated rings. The zero-order chi connectivity index (χ0) is 18.3. The highest BCUT2D eigenvalue weighted by Crippen LogP contribution is 2.31. The molecule has 9 heteroatoms. The summed E-state index contributed by atoms with van der Waals surface area (Å²) >= 11 is 0. The maximum absolute atomic E-state index is 11.7. The fourth-order valence-electron chi connectivity index (χ4n) is 3.37. The van der Waals surface area contributed by atoms with E-state index >= 15 is 0 Å². The van der Waals surface area contributed by atoms with Crippen LogP contribution in [0.15, 0.2) is 24.5 Å². The number of rotatable bonds is 3. The van der Waals surface area contributed by atoms with Crippen molar-refractivity contribution in [3.8, 4) is 0 Å². The quantitative estimate of drug-likeness (QED) is 0.478. The molecular formula is C16H21N2O7+. The van der Waals surface area contributed by atoms with Gasteiger partial charge >= 0.3 is 5.97 Å². The van der Waals surface area contributed by atoms with Gasteiger partial charge in [-0.2, -0.15) is 4.57 Å². The molecule has 0 spiro atoms. The summed E-state index contributed by atoms with van der Waals surface area (Å²) in [7, 11) is 1.71. The first-order valence-corrected chi connectivity index (χ1v) is 8.00. The molecule has 2 aliphatic heterocycles. The van der Waals surface area contributed by atoms with Gasteiger partial charge in [0.15, 0.2) is 24.6 Å². The Morgan fingerprint density at radius 1 is 1.28 bits per heavy atom. The number of carboxylic acid groups (broad SMARTS) is 1. The van der Waals surface area contributed by atoms with Gasteiger partial charge < -0.3 is 30.1 Å². The zero-order valence-corrected chi connectivity index (χ0v) is 13.6. The molecule has 25 heavy (non-hydrogen) atoms. The van der Waals surface area contributed by atoms with Crippen molar-refractivity contribution in [1.82, 2.24) is 4.90 Å². The van der Waals surface area contributed by atoms with E-state index in [0.717, 1.165) is 5.56 Å². The van der Waals surface area contributed by atoms with Crippen LogP contribution in [-0.2, 0) is 14.3 Å². The van der Waals surface area contributed by atoms with Crippen molar-refractivity contribution >= 4 is 11.9 Å². The Labute approximate surface area is 143 Å². The molecule has 1 aromatic heterocycles. The standard InChI is InChI=1S/C16H20N2O7/c1-17-9(4-5-10(17)19)8-3-2-6-18(7-8)15-13(22)11(20)12(21)14(25-15)16(23)24/h2-3,6-7,9,11-15,20-22H,4-5H2,1H3/p+1/t9-,11?,12?,13?,14?,15?/m0/s1. The number of aromatic nitrogens is 1. The predicted octanol–water partition coefficient (Wildman–Crippen LogP) is -1.67. The molecule has 5 unspecified atom stereocenters. The van der Waals surface area contributed by atoms with Crippen LogP contribution in [0, 0.1) is 0 Å². The van der Waals surface area contributed by atoms with Crippen LogP contribution in [0.1, 0.15) is 30.7 Å². The second-order valence-corrected chi connectivity index (χ2v) is 6.40. The summed E-state index contributed by atoms with van der Waals surface area (Å²) in [4.78, 5) is 24.6. The van der Waals surface area contributed by atoms with Gasteiger partial charge in [0.2, 0.25) is 5.91 Å². The molecule has 1 amide bonds. The number of amides is 1. The summed E-state index contributed by atoms with van der Waals surface area (Å²) in [5.41, 5.74) is 0.805. The molecule has 3 rings (SSSR count). The molecule has 0 bridgehead atoms. The number of carbonyl (C=O) groups excluding carboxylic acids is 1. The Kier molecular flexibility index (Phi) is 4.74. The monoisotopic (exact) mass is 353 g/mol. The number of ether oxygens (including phenoxy) is 1. The van der Waals surface area contributed by atoms with Crippen molar-refractivity contribution < 1.29 is 39.3 Å². The highest BCUT2D eigenvalue weighted by atomic mass is 16.6. The number of nitrogens with zero attached hydrogens (tertiary/aromatic N) is 2. The second-order valence-electron chi connectivity index (χ2n) is 6.40. The van der Waals surface area contributed by atoms with Crippen molar-refractivity contribution in [2.45, 2.75) is 49.5 Å². The van der Waals surface area contributed by atoms with Crippen molar-refractivity contribution in [1.29, 1.82) is 0 Å². The van der Waals surface area contributed by atoms with E-state index in [0.29, 0.717) is 12.8 Å². The van der Waals surface area contributed by atoms with Crippen LogP contribution in [0.25, 0.3) is 0 Å². The lowest BCUT2D eigenvalue weighted by atomic mass is 9.97. The minimum Gasteiger partial charge on any atom is -0.479 e. The predicted molar refractivity (Wildman–Crippen MR) is 80.9 cm³/mol. The van der Waals surface area contributed by atoms with Gasteiger partial charge in [-0.3, -0.25) is 4.79 Å². The number of hydrogen-bond acceptors (Lipinski definition) is 6. The molecule has 9 nitrogen and oxygen atoms in total. The van der Waals surface area contributed by atoms with Gasteiger partial charge in [-0.1, -0.05) is 0 Å². The third kappa shape index (κ3) is 3.11. The largest absolute Gasteiger partial charge is 0.479 e. The number of pyridine rings is 1. The normalized spacial score (nSPS) is 35.8. The summed E-state index contributed by atoms with van der Waals surface area (Å²) in [6, 6.07) is 3.40. The first-order chi connectivity index (χ1) is 11.8. The Balaban J connectivity index is 1.89. The van der Waals surface area contributed by atoms with Crippen LogP contribution >= 0.6 is 0 Å². The van der Waals surface area contributed by atoms with Crippen LogP contribution in [0.2, 0.25) is 0 Å². The number of aliphatic hydroxyl groups is 3. The molecular weight excluding hydrogens is 332 g/mol. The van der Waals surface area contributed by atoms with Crippen LogP contribution in [0.4, 0.5) is 0 Å². The van der Waals surface area contributed by atoms with Gasteiger partial charge in [0.05, 0.1) is 6.04 Å². The van der Waals surface area contributed by atoms with E-state index < -0.39 is 36.6 Å². The third-order valence-electron chi connectivity index (χ3n) is 4.85. The lowest BCUT2D eigenvalue weighted by Crippen LogP contribution is -2.63. The Hall–Kier alpha value is -2.07. The van der Waals surface area contributed by atoms with E-state index in [1.807, 2.05) is 6.07 Å². The number of carboxylic acids is 1. The van der Waals surface area contributed by atoms with Crippen molar-refractivity contribution in [2.24, 2.45) is 0 Å². The van der Waals surface area contributed by atoms with Crippen molar-refractivity contribution in [2.75, 3.05) is 7.05 Å². The molecule has 2 saturated heterocycles. The molecule has 0 radical (unpaired) electrons. The summed E-state index contributed by atoms with van der Waals surface area (Å²) < 4.78 is 6.76. The molecule has 1 aromatic rings. The van der Waals surface area contributed by atoms with Crippen molar-refractivity contribution in [3.63, 3.8) is 0 Å². The topological polar surface area (TPSA) is 131 Å². The highest BCUT2D eigenvalue weighted by Gasteiger charge is 2.51. The lowest BCUT2D eigenvalue weighted by molar-refractivity contribution is -0.777. The van der Waals surface area contributed by atoms with Crippen LogP contribution < -0.4 is 4.57 Å². The molecule has 0 saturated carbocycles. The molecule has 6 atom stereocenters. The van der Waals surface area contributed by atoms with Gasteiger partial charge in [0.25, 0.3) is 6.23 Å². The number of aliphatic hydroxyl groups excluding tert-OH is 3. The lowest BCUT2D eigenvalue weighted by Gasteiger charge is -2.35. The van der Waals surface area contributed by atoms with E-state index in [2.05, 4.69) is 0 Å². The van der Waals surface area contributed by atoms with E-state index in [-0.39, 0.29) is 11.9 Å². The Morgan fingerprint density at radius 3 is 2.60 bits per heavy atom. The summed E-state index contributed by atoms with van der Waals surface area (Å²) in [6.07, 6.45) is -3.41. The average molecular weight is 353 g/mol. The maximum atomic E-state index is 11.7. The van der Waals surface area contributed by atoms with E-state index in [1.54, 1.807) is 30.4 Å². The molecule has 2 aliphatic rings. The summed E-state index contributed by atoms with van der Waals surface area (Å²) in [5.74, 6) is -1.39. The number of hydrogen-bond donors (Lipinski definition) is 4. The van der Waals surface area contributed by atoms with E-state index in [4.69, 9.17) is 9.84 Å². The van der Waals surface area contributed by atoms with Crippen molar-refractivity contribution in [3.05, 3.63) is 30.1 Å². The van der Waals surface area contributed by atoms with E-state index in [9.17, 15) is 24.9 Å². The zero-order valence-electron chi connectivity index (χ0n) is 13.6. The SMILES string of the molecule is CN1C(=O)CC[C@H]1c1ccc[n+](C2OC(C(=O)O)C(O)C(O)C2O)c1. The van der Waals surface area contributed by atoms with Gasteiger partial charge in [-0.15, -0.1) is 0 Å². The van der Waals surface area contributed by atoms with Crippen LogP contribution in [0.3, 0.4) is 0 Å². The van der Waals surface area contributed by atoms with Crippen LogP contribution in [0.5, 0.6) is 0 Å². The molecule has 0 aliphatic carbocycles. The van der Waals surface area contributed by atoms with Gasteiger partial charge in [-0.05, 0) is 12.5 Å². The number of likely N-dealkylation sites (tertiary alicyclic amines) is 1. The summed E-state index contributed by atoms with van der Waals surface area (Å²) in [5, 5.41) is 39.0. The Morgan fingerprint density at radius 2 is 2.00 bits per heavy atom. The van der Waals surface area contributed by atoms with Gasteiger partial charge in [0, 0.05) is 25.1 Å². The Bertz CT molecular complexity index is 682. The molecule has 0 aromatic carbocycles. The van der Waals surface area contributed by atoms with Gasteiger partial charge in [0.1, 0.15) is 12.2 Å². The fourth-order valence-corrected chi connectivity index (χ4v) is 3.37. The highest BCUT2D eigenvalue weighted by molar-refractivity contribution is 5.78. The minimum absolute atomic E-state index is 0.0406. The van der Waals surface area contributed by atoms with Gasteiger partial charge in [-0.25, -0.2) is 4.79 Å². The minimum atomic E-state index is -1.73. The molecule has 3 heterocycles. The third-order valence-corrected chi connectivity index (χ3v) is 4.85. The maximum Gasteiger partial charge on any atom is 0.335 e. The molecule has 4 N–H and O–H groups in total.